The lowest BCUT2D eigenvalue weighted by atomic mass is 9.77. The molecule has 1 unspecified atom stereocenters. The lowest BCUT2D eigenvalue weighted by Crippen LogP contribution is -2.46. The molecule has 0 heterocycles. The Bertz CT molecular complexity index is 363. The van der Waals surface area contributed by atoms with E-state index < -0.39 is 12.0 Å². The number of rotatable bonds is 8. The third kappa shape index (κ3) is 6.34. The van der Waals surface area contributed by atoms with E-state index >= 15 is 0 Å². The number of amides is 1. The van der Waals surface area contributed by atoms with Crippen LogP contribution >= 0.6 is 0 Å². The highest BCUT2D eigenvalue weighted by Gasteiger charge is 2.27. The molecule has 5 heteroatoms. The first-order valence-electron chi connectivity index (χ1n) is 8.52. The highest BCUT2D eigenvalue weighted by atomic mass is 16.4. The largest absolute Gasteiger partial charge is 0.480 e. The molecule has 1 amide bonds. The predicted molar refractivity (Wildman–Crippen MR) is 87.6 cm³/mol. The van der Waals surface area contributed by atoms with Crippen molar-refractivity contribution in [3.8, 4) is 0 Å². The summed E-state index contributed by atoms with van der Waals surface area (Å²) in [5, 5.41) is 12.0. The number of carbonyl (C=O) groups excluding carboxylic acids is 1. The smallest absolute Gasteiger partial charge is 0.320 e. The van der Waals surface area contributed by atoms with Crippen LogP contribution in [0.15, 0.2) is 0 Å². The molecule has 1 aliphatic rings. The van der Waals surface area contributed by atoms with E-state index in [0.29, 0.717) is 19.0 Å². The second-order valence-electron chi connectivity index (χ2n) is 7.02. The van der Waals surface area contributed by atoms with Crippen molar-refractivity contribution in [3.05, 3.63) is 0 Å². The van der Waals surface area contributed by atoms with Crippen LogP contribution < -0.4 is 5.32 Å². The highest BCUT2D eigenvalue weighted by Crippen LogP contribution is 2.33. The van der Waals surface area contributed by atoms with Gasteiger partial charge in [0, 0.05) is 26.6 Å². The summed E-state index contributed by atoms with van der Waals surface area (Å²) >= 11 is 0. The van der Waals surface area contributed by atoms with Crippen LogP contribution in [0.1, 0.15) is 53.4 Å². The topological polar surface area (TPSA) is 69.6 Å². The predicted octanol–water partition coefficient (Wildman–Crippen LogP) is 2.36. The third-order valence-corrected chi connectivity index (χ3v) is 5.01. The van der Waals surface area contributed by atoms with E-state index in [-0.39, 0.29) is 5.91 Å². The quantitative estimate of drug-likeness (QED) is 0.722. The first-order chi connectivity index (χ1) is 10.3. The zero-order chi connectivity index (χ0) is 16.7. The molecule has 0 aromatic rings. The van der Waals surface area contributed by atoms with Gasteiger partial charge in [0.2, 0.25) is 5.91 Å². The van der Waals surface area contributed by atoms with Crippen LogP contribution in [0.2, 0.25) is 0 Å². The highest BCUT2D eigenvalue weighted by molar-refractivity contribution is 5.73. The van der Waals surface area contributed by atoms with E-state index in [4.69, 9.17) is 0 Å². The minimum absolute atomic E-state index is 0.0691. The van der Waals surface area contributed by atoms with E-state index in [2.05, 4.69) is 19.2 Å². The third-order valence-electron chi connectivity index (χ3n) is 5.01. The molecule has 22 heavy (non-hydrogen) atoms. The maximum Gasteiger partial charge on any atom is 0.320 e. The Balaban J connectivity index is 2.50. The zero-order valence-corrected chi connectivity index (χ0v) is 14.5. The zero-order valence-electron chi connectivity index (χ0n) is 14.5. The van der Waals surface area contributed by atoms with E-state index in [1.165, 1.54) is 32.6 Å². The number of nitrogens with one attached hydrogen (secondary N) is 1. The fraction of sp³-hybridized carbons (Fsp3) is 0.882. The summed E-state index contributed by atoms with van der Waals surface area (Å²) in [5.41, 5.74) is 0. The van der Waals surface area contributed by atoms with Crippen molar-refractivity contribution in [2.45, 2.75) is 59.4 Å². The molecule has 5 nitrogen and oxygen atoms in total. The number of carboxylic acid groups (broad SMARTS) is 1. The summed E-state index contributed by atoms with van der Waals surface area (Å²) in [4.78, 5) is 24.3. The fourth-order valence-electron chi connectivity index (χ4n) is 3.34. The van der Waals surface area contributed by atoms with Gasteiger partial charge in [-0.1, -0.05) is 13.8 Å². The van der Waals surface area contributed by atoms with Crippen LogP contribution in [-0.2, 0) is 9.59 Å². The minimum Gasteiger partial charge on any atom is -0.480 e. The van der Waals surface area contributed by atoms with E-state index in [1.807, 2.05) is 4.90 Å². The summed E-state index contributed by atoms with van der Waals surface area (Å²) in [7, 11) is 0. The van der Waals surface area contributed by atoms with Crippen LogP contribution in [0.4, 0.5) is 0 Å². The van der Waals surface area contributed by atoms with Crippen LogP contribution in [0, 0.1) is 17.8 Å². The Morgan fingerprint density at radius 3 is 2.23 bits per heavy atom. The standard InChI is InChI=1S/C17H32N2O3/c1-12(2)16-7-5-15(6-8-16)11-19(13(3)17(21)22)10-9-18-14(4)20/h12-13,15-16H,5-11H2,1-4H3,(H,18,20)(H,21,22). The Hall–Kier alpha value is -1.10. The number of carbonyl (C=O) groups is 2. The molecule has 1 fully saturated rings. The molecule has 0 aliphatic heterocycles. The summed E-state index contributed by atoms with van der Waals surface area (Å²) < 4.78 is 0. The van der Waals surface area contributed by atoms with Gasteiger partial charge in [0.05, 0.1) is 0 Å². The number of carboxylic acids is 1. The molecule has 0 aromatic heterocycles. The van der Waals surface area contributed by atoms with Crippen molar-refractivity contribution in [1.29, 1.82) is 0 Å². The number of hydrogen-bond donors (Lipinski definition) is 2. The van der Waals surface area contributed by atoms with Gasteiger partial charge in [-0.05, 0) is 50.4 Å². The van der Waals surface area contributed by atoms with Gasteiger partial charge in [0.1, 0.15) is 6.04 Å². The first kappa shape index (κ1) is 18.9. The van der Waals surface area contributed by atoms with Gasteiger partial charge in [0.15, 0.2) is 0 Å². The van der Waals surface area contributed by atoms with Crippen molar-refractivity contribution < 1.29 is 14.7 Å². The Kier molecular flexibility index (Phi) is 7.87. The molecular weight excluding hydrogens is 280 g/mol. The SMILES string of the molecule is CC(=O)NCCN(CC1CCC(C(C)C)CC1)C(C)C(=O)O. The average molecular weight is 312 g/mol. The average Bonchev–Trinajstić information content (AvgIpc) is 2.45. The summed E-state index contributed by atoms with van der Waals surface area (Å²) in [5.74, 6) is 1.28. The minimum atomic E-state index is -0.793. The molecule has 0 aromatic carbocycles. The molecule has 1 aliphatic carbocycles. The Labute approximate surface area is 134 Å². The van der Waals surface area contributed by atoms with Crippen molar-refractivity contribution in [2.24, 2.45) is 17.8 Å². The summed E-state index contributed by atoms with van der Waals surface area (Å²) in [6.07, 6.45) is 4.88. The van der Waals surface area contributed by atoms with Crippen LogP contribution in [-0.4, -0.2) is 47.6 Å². The van der Waals surface area contributed by atoms with E-state index in [9.17, 15) is 14.7 Å². The van der Waals surface area contributed by atoms with Gasteiger partial charge >= 0.3 is 5.97 Å². The molecular formula is C17H32N2O3. The van der Waals surface area contributed by atoms with Crippen molar-refractivity contribution in [2.75, 3.05) is 19.6 Å². The lowest BCUT2D eigenvalue weighted by molar-refractivity contribution is -0.142. The number of nitrogens with zero attached hydrogens (tertiary/aromatic N) is 1. The molecule has 2 N–H and O–H groups in total. The van der Waals surface area contributed by atoms with Gasteiger partial charge in [-0.3, -0.25) is 14.5 Å². The Morgan fingerprint density at radius 2 is 1.77 bits per heavy atom. The molecule has 0 saturated heterocycles. The van der Waals surface area contributed by atoms with Crippen LogP contribution in [0.3, 0.4) is 0 Å². The van der Waals surface area contributed by atoms with Gasteiger partial charge in [-0.2, -0.15) is 0 Å². The van der Waals surface area contributed by atoms with Gasteiger partial charge < -0.3 is 10.4 Å². The van der Waals surface area contributed by atoms with E-state index in [1.54, 1.807) is 6.92 Å². The fourth-order valence-corrected chi connectivity index (χ4v) is 3.34. The second kappa shape index (κ2) is 9.13. The number of aliphatic carboxylic acids is 1. The monoisotopic (exact) mass is 312 g/mol. The van der Waals surface area contributed by atoms with Gasteiger partial charge in [-0.25, -0.2) is 0 Å². The summed E-state index contributed by atoms with van der Waals surface area (Å²) in [6, 6.07) is -0.503. The van der Waals surface area contributed by atoms with Gasteiger partial charge in [0.25, 0.3) is 0 Å². The molecule has 1 atom stereocenters. The van der Waals surface area contributed by atoms with E-state index in [0.717, 1.165) is 18.4 Å². The van der Waals surface area contributed by atoms with Crippen LogP contribution in [0.5, 0.6) is 0 Å². The second-order valence-corrected chi connectivity index (χ2v) is 7.02. The maximum absolute atomic E-state index is 11.3. The van der Waals surface area contributed by atoms with Gasteiger partial charge in [-0.15, -0.1) is 0 Å². The van der Waals surface area contributed by atoms with Crippen LogP contribution in [0.25, 0.3) is 0 Å². The molecule has 128 valence electrons. The Morgan fingerprint density at radius 1 is 1.18 bits per heavy atom. The van der Waals surface area contributed by atoms with Crippen molar-refractivity contribution in [3.63, 3.8) is 0 Å². The molecule has 0 bridgehead atoms. The summed E-state index contributed by atoms with van der Waals surface area (Å²) in [6.45, 7) is 9.71. The molecule has 1 rings (SSSR count). The first-order valence-corrected chi connectivity index (χ1v) is 8.52. The number of hydrogen-bond acceptors (Lipinski definition) is 3. The lowest BCUT2D eigenvalue weighted by Gasteiger charge is -2.35. The molecule has 0 radical (unpaired) electrons. The van der Waals surface area contributed by atoms with Crippen molar-refractivity contribution in [1.82, 2.24) is 10.2 Å². The van der Waals surface area contributed by atoms with Crippen molar-refractivity contribution >= 4 is 11.9 Å². The molecule has 0 spiro atoms. The maximum atomic E-state index is 11.3. The normalized spacial score (nSPS) is 23.5. The molecule has 1 saturated carbocycles.